The van der Waals surface area contributed by atoms with E-state index in [0.717, 1.165) is 0 Å². The number of aliphatic hydroxyl groups excluding tert-OH is 2. The number of nitrogens with two attached hydrogens (primary N) is 1. The van der Waals surface area contributed by atoms with E-state index in [0.29, 0.717) is 11.2 Å². The van der Waals surface area contributed by atoms with Crippen LogP contribution in [-0.4, -0.2) is 36.3 Å². The van der Waals surface area contributed by atoms with Gasteiger partial charge in [0.1, 0.15) is 30.5 Å². The first kappa shape index (κ1) is 10.8. The van der Waals surface area contributed by atoms with Crippen LogP contribution in [0.5, 0.6) is 0 Å². The van der Waals surface area contributed by atoms with E-state index >= 15 is 0 Å². The number of aromatic nitrogens is 4. The zero-order valence-electron chi connectivity index (χ0n) is 9.32. The molecule has 0 spiro atoms. The molecule has 8 nitrogen and oxygen atoms in total. The molecule has 18 heavy (non-hydrogen) atoms. The van der Waals surface area contributed by atoms with Gasteiger partial charge in [-0.2, -0.15) is 0 Å². The van der Waals surface area contributed by atoms with Crippen LogP contribution in [0.15, 0.2) is 24.2 Å². The van der Waals surface area contributed by atoms with Gasteiger partial charge in [-0.3, -0.25) is 4.57 Å². The lowest BCUT2D eigenvalue weighted by Crippen LogP contribution is -2.08. The maximum atomic E-state index is 9.59. The van der Waals surface area contributed by atoms with Crippen LogP contribution >= 0.6 is 0 Å². The molecule has 0 bridgehead atoms. The van der Waals surface area contributed by atoms with Crippen molar-refractivity contribution in [2.24, 2.45) is 0 Å². The minimum absolute atomic E-state index is 0.0337. The van der Waals surface area contributed by atoms with Crippen molar-refractivity contribution in [3.63, 3.8) is 0 Å². The number of hydrogen-bond acceptors (Lipinski definition) is 7. The highest BCUT2D eigenvalue weighted by Crippen LogP contribution is 2.32. The van der Waals surface area contributed by atoms with Crippen molar-refractivity contribution < 1.29 is 14.9 Å². The van der Waals surface area contributed by atoms with Crippen LogP contribution in [0.25, 0.3) is 11.2 Å². The van der Waals surface area contributed by atoms with Gasteiger partial charge in [0, 0.05) is 0 Å². The number of rotatable bonds is 2. The number of fused-ring (bicyclic) bond motifs is 1. The summed E-state index contributed by atoms with van der Waals surface area (Å²) >= 11 is 0. The Morgan fingerprint density at radius 3 is 3.00 bits per heavy atom. The SMILES string of the molecule is Nc1ncnc2c1ncn2[C@H]1CC(O)=C(CO)O1. The molecule has 0 radical (unpaired) electrons. The Bertz CT molecular complexity index is 635. The van der Waals surface area contributed by atoms with Crippen molar-refractivity contribution >= 4 is 17.0 Å². The number of ether oxygens (including phenoxy) is 1. The maximum Gasteiger partial charge on any atom is 0.185 e. The molecule has 0 unspecified atom stereocenters. The number of imidazole rings is 1. The number of nitrogen functional groups attached to an aromatic ring is 1. The van der Waals surface area contributed by atoms with E-state index in [1.54, 1.807) is 4.57 Å². The second kappa shape index (κ2) is 3.84. The second-order valence-corrected chi connectivity index (χ2v) is 3.89. The molecule has 0 aromatic carbocycles. The summed E-state index contributed by atoms with van der Waals surface area (Å²) in [6.07, 6.45) is 2.64. The Kier molecular flexibility index (Phi) is 2.30. The van der Waals surface area contributed by atoms with Gasteiger partial charge in [-0.15, -0.1) is 0 Å². The number of aliphatic hydroxyl groups is 2. The van der Waals surface area contributed by atoms with Crippen molar-refractivity contribution in [2.45, 2.75) is 12.6 Å². The highest BCUT2D eigenvalue weighted by molar-refractivity contribution is 5.81. The molecule has 3 rings (SSSR count). The van der Waals surface area contributed by atoms with Crippen LogP contribution in [-0.2, 0) is 4.74 Å². The highest BCUT2D eigenvalue weighted by Gasteiger charge is 2.28. The van der Waals surface area contributed by atoms with Gasteiger partial charge in [0.25, 0.3) is 0 Å². The number of anilines is 1. The van der Waals surface area contributed by atoms with E-state index in [1.807, 2.05) is 0 Å². The molecule has 1 aliphatic heterocycles. The summed E-state index contributed by atoms with van der Waals surface area (Å²) in [5, 5.41) is 18.6. The van der Waals surface area contributed by atoms with Gasteiger partial charge in [-0.25, -0.2) is 15.0 Å². The van der Waals surface area contributed by atoms with E-state index in [9.17, 15) is 5.11 Å². The largest absolute Gasteiger partial charge is 0.508 e. The molecule has 0 amide bonds. The van der Waals surface area contributed by atoms with E-state index in [2.05, 4.69) is 15.0 Å². The van der Waals surface area contributed by atoms with Crippen LogP contribution < -0.4 is 5.73 Å². The van der Waals surface area contributed by atoms with Crippen molar-refractivity contribution in [1.29, 1.82) is 0 Å². The molecule has 1 atom stereocenters. The van der Waals surface area contributed by atoms with Crippen molar-refractivity contribution in [3.8, 4) is 0 Å². The summed E-state index contributed by atoms with van der Waals surface area (Å²) in [4.78, 5) is 12.0. The zero-order chi connectivity index (χ0) is 12.7. The third-order valence-corrected chi connectivity index (χ3v) is 2.81. The van der Waals surface area contributed by atoms with E-state index in [-0.39, 0.29) is 30.4 Å². The average Bonchev–Trinajstić information content (AvgIpc) is 2.93. The lowest BCUT2D eigenvalue weighted by molar-refractivity contribution is 0.0656. The smallest absolute Gasteiger partial charge is 0.185 e. The Hall–Kier alpha value is -2.35. The fraction of sp³-hybridized carbons (Fsp3) is 0.300. The van der Waals surface area contributed by atoms with E-state index in [1.165, 1.54) is 12.7 Å². The van der Waals surface area contributed by atoms with Gasteiger partial charge >= 0.3 is 0 Å². The minimum atomic E-state index is -0.480. The Labute approximate surface area is 101 Å². The molecule has 94 valence electrons. The fourth-order valence-corrected chi connectivity index (χ4v) is 1.92. The average molecular weight is 249 g/mol. The van der Waals surface area contributed by atoms with Gasteiger partial charge in [0.15, 0.2) is 23.5 Å². The van der Waals surface area contributed by atoms with Crippen molar-refractivity contribution in [3.05, 3.63) is 24.2 Å². The first-order chi connectivity index (χ1) is 8.70. The molecule has 2 aromatic heterocycles. The normalized spacial score (nSPS) is 19.5. The molecule has 2 aromatic rings. The standard InChI is InChI=1S/C10H11N5O3/c11-9-8-10(13-3-12-9)15(4-14-8)7-1-5(17)6(2-16)18-7/h3-4,7,16-17H,1-2H2,(H2,11,12,13)/t7-/m1/s1. The Morgan fingerprint density at radius 2 is 2.28 bits per heavy atom. The maximum absolute atomic E-state index is 9.59. The predicted octanol–water partition coefficient (Wildman–Crippen LogP) is 0.0893. The quantitative estimate of drug-likeness (QED) is 0.689. The molecular weight excluding hydrogens is 238 g/mol. The first-order valence-corrected chi connectivity index (χ1v) is 5.32. The van der Waals surface area contributed by atoms with Crippen molar-refractivity contribution in [1.82, 2.24) is 19.5 Å². The van der Waals surface area contributed by atoms with Gasteiger partial charge in [0.05, 0.1) is 6.42 Å². The first-order valence-electron chi connectivity index (χ1n) is 5.32. The minimum Gasteiger partial charge on any atom is -0.508 e. The van der Waals surface area contributed by atoms with Crippen molar-refractivity contribution in [2.75, 3.05) is 12.3 Å². The fourth-order valence-electron chi connectivity index (χ4n) is 1.92. The van der Waals surface area contributed by atoms with E-state index in [4.69, 9.17) is 15.6 Å². The third-order valence-electron chi connectivity index (χ3n) is 2.81. The lowest BCUT2D eigenvalue weighted by atomic mass is 10.3. The van der Waals surface area contributed by atoms with Crippen LogP contribution in [0.2, 0.25) is 0 Å². The molecule has 1 aliphatic rings. The predicted molar refractivity (Wildman–Crippen MR) is 61.2 cm³/mol. The molecule has 0 aliphatic carbocycles. The van der Waals surface area contributed by atoms with Gasteiger partial charge < -0.3 is 20.7 Å². The molecule has 0 saturated heterocycles. The zero-order valence-corrected chi connectivity index (χ0v) is 9.32. The third kappa shape index (κ3) is 1.46. The highest BCUT2D eigenvalue weighted by atomic mass is 16.5. The molecule has 0 fully saturated rings. The van der Waals surface area contributed by atoms with Crippen LogP contribution in [0.3, 0.4) is 0 Å². The second-order valence-electron chi connectivity index (χ2n) is 3.89. The van der Waals surface area contributed by atoms with Gasteiger partial charge in [-0.05, 0) is 0 Å². The summed E-state index contributed by atoms with van der Waals surface area (Å²) in [5.74, 6) is 0.492. The van der Waals surface area contributed by atoms with Gasteiger partial charge in [0.2, 0.25) is 0 Å². The molecule has 0 saturated carbocycles. The number of hydrogen-bond donors (Lipinski definition) is 3. The Balaban J connectivity index is 2.00. The van der Waals surface area contributed by atoms with Crippen LogP contribution in [0.4, 0.5) is 5.82 Å². The van der Waals surface area contributed by atoms with E-state index < -0.39 is 6.23 Å². The molecule has 3 heterocycles. The van der Waals surface area contributed by atoms with Gasteiger partial charge in [-0.1, -0.05) is 0 Å². The molecule has 4 N–H and O–H groups in total. The summed E-state index contributed by atoms with van der Waals surface area (Å²) in [7, 11) is 0. The topological polar surface area (TPSA) is 119 Å². The molecule has 8 heteroatoms. The lowest BCUT2D eigenvalue weighted by Gasteiger charge is -2.13. The number of nitrogens with zero attached hydrogens (tertiary/aromatic N) is 4. The summed E-state index contributed by atoms with van der Waals surface area (Å²) in [6, 6.07) is 0. The summed E-state index contributed by atoms with van der Waals surface area (Å²) in [6.45, 7) is -0.341. The summed E-state index contributed by atoms with van der Waals surface area (Å²) < 4.78 is 7.06. The van der Waals surface area contributed by atoms with Crippen LogP contribution in [0, 0.1) is 0 Å². The monoisotopic (exact) mass is 249 g/mol. The van der Waals surface area contributed by atoms with Crippen LogP contribution in [0.1, 0.15) is 12.6 Å². The Morgan fingerprint density at radius 1 is 1.44 bits per heavy atom. The summed E-state index contributed by atoms with van der Waals surface area (Å²) in [5.41, 5.74) is 6.69. The molecular formula is C10H11N5O3.